The molecule has 1 aromatic carbocycles. The lowest BCUT2D eigenvalue weighted by molar-refractivity contribution is -0.274. The number of guanidine groups is 1. The van der Waals surface area contributed by atoms with E-state index in [1.165, 1.54) is 12.1 Å². The molecule has 3 amide bonds. The Hall–Kier alpha value is -2.98. The molecule has 1 aliphatic rings. The lowest BCUT2D eigenvalue weighted by Gasteiger charge is -2.11. The molecule has 0 saturated carbocycles. The average Bonchev–Trinajstić information content (AvgIpc) is 2.79. The van der Waals surface area contributed by atoms with Gasteiger partial charge in [0.1, 0.15) is 5.75 Å². The molecule has 130 valence electrons. The van der Waals surface area contributed by atoms with Gasteiger partial charge in [-0.15, -0.1) is 13.2 Å². The van der Waals surface area contributed by atoms with Crippen LogP contribution in [0, 0.1) is 0 Å². The number of nitrogens with zero attached hydrogens (tertiary/aromatic N) is 2. The first-order chi connectivity index (χ1) is 11.2. The quantitative estimate of drug-likeness (QED) is 0.417. The highest BCUT2D eigenvalue weighted by atomic mass is 19.4. The van der Waals surface area contributed by atoms with Crippen LogP contribution < -0.4 is 21.1 Å². The number of hydrogen-bond donors (Lipinski definition) is 3. The second-order valence-corrected chi connectivity index (χ2v) is 4.67. The number of carbonyl (C=O) groups excluding carboxylic acids is 2. The first kappa shape index (κ1) is 17.4. The van der Waals surface area contributed by atoms with Crippen LogP contribution in [0.4, 0.5) is 23.7 Å². The number of urea groups is 1. The highest BCUT2D eigenvalue weighted by Gasteiger charge is 2.31. The van der Waals surface area contributed by atoms with Crippen molar-refractivity contribution in [3.8, 4) is 5.75 Å². The molecule has 24 heavy (non-hydrogen) atoms. The molecule has 0 unspecified atom stereocenters. The third-order valence-corrected chi connectivity index (χ3v) is 2.90. The van der Waals surface area contributed by atoms with Crippen LogP contribution in [0.1, 0.15) is 0 Å². The zero-order valence-corrected chi connectivity index (χ0v) is 12.3. The van der Waals surface area contributed by atoms with Gasteiger partial charge in [0, 0.05) is 5.69 Å². The average molecular weight is 345 g/mol. The number of halogens is 3. The normalized spacial score (nSPS) is 15.5. The molecule has 0 spiro atoms. The van der Waals surface area contributed by atoms with E-state index in [1.807, 2.05) is 0 Å². The zero-order valence-electron chi connectivity index (χ0n) is 12.3. The van der Waals surface area contributed by atoms with Crippen LogP contribution in [-0.4, -0.2) is 48.8 Å². The van der Waals surface area contributed by atoms with Crippen molar-refractivity contribution in [3.63, 3.8) is 0 Å². The van der Waals surface area contributed by atoms with Crippen molar-refractivity contribution in [3.05, 3.63) is 24.3 Å². The second-order valence-electron chi connectivity index (χ2n) is 4.67. The van der Waals surface area contributed by atoms with Gasteiger partial charge in [0.15, 0.2) is 5.96 Å². The number of benzene rings is 1. The fourth-order valence-electron chi connectivity index (χ4n) is 1.88. The third kappa shape index (κ3) is 5.04. The predicted octanol–water partition coefficient (Wildman–Crippen LogP) is 0.864. The van der Waals surface area contributed by atoms with Gasteiger partial charge < -0.3 is 21.1 Å². The van der Waals surface area contributed by atoms with E-state index in [0.717, 1.165) is 17.0 Å². The van der Waals surface area contributed by atoms with Crippen LogP contribution in [-0.2, 0) is 4.79 Å². The van der Waals surface area contributed by atoms with Crippen LogP contribution in [0.2, 0.25) is 0 Å². The lowest BCUT2D eigenvalue weighted by Crippen LogP contribution is -2.34. The van der Waals surface area contributed by atoms with Gasteiger partial charge in [-0.3, -0.25) is 14.7 Å². The molecule has 1 fully saturated rings. The highest BCUT2D eigenvalue weighted by molar-refractivity contribution is 6.02. The van der Waals surface area contributed by atoms with E-state index in [0.29, 0.717) is 5.69 Å². The van der Waals surface area contributed by atoms with Gasteiger partial charge in [-0.05, 0) is 24.3 Å². The maximum Gasteiger partial charge on any atom is 0.573 e. The molecule has 0 atom stereocenters. The summed E-state index contributed by atoms with van der Waals surface area (Å²) in [6.45, 7) is 0.126. The van der Waals surface area contributed by atoms with Gasteiger partial charge in [-0.25, -0.2) is 4.79 Å². The fourth-order valence-corrected chi connectivity index (χ4v) is 1.88. The SMILES string of the molecule is NC(=NCCN1C(=O)CNC1=O)Nc1ccc(OC(F)(F)F)cc1. The standard InChI is InChI=1S/C13H14F3N5O3/c14-13(15,16)24-9-3-1-8(2-4-9)20-11(17)18-5-6-21-10(22)7-19-12(21)23/h1-4H,5-7H2,(H,19,23)(H3,17,18,20). The Balaban J connectivity index is 1.84. The van der Waals surface area contributed by atoms with Crippen molar-refractivity contribution in [2.75, 3.05) is 25.0 Å². The monoisotopic (exact) mass is 345 g/mol. The Kier molecular flexibility index (Phi) is 5.11. The van der Waals surface area contributed by atoms with E-state index in [1.54, 1.807) is 0 Å². The number of imide groups is 1. The molecule has 0 aromatic heterocycles. The molecular formula is C13H14F3N5O3. The number of aliphatic imine (C=N–C) groups is 1. The summed E-state index contributed by atoms with van der Waals surface area (Å²) in [5.74, 6) is -0.712. The van der Waals surface area contributed by atoms with E-state index >= 15 is 0 Å². The van der Waals surface area contributed by atoms with Crippen LogP contribution in [0.5, 0.6) is 5.75 Å². The van der Waals surface area contributed by atoms with Gasteiger partial charge in [0.25, 0.3) is 0 Å². The van der Waals surface area contributed by atoms with Crippen molar-refractivity contribution in [2.45, 2.75) is 6.36 Å². The van der Waals surface area contributed by atoms with E-state index < -0.39 is 12.4 Å². The lowest BCUT2D eigenvalue weighted by atomic mass is 10.3. The summed E-state index contributed by atoms with van der Waals surface area (Å²) in [7, 11) is 0. The summed E-state index contributed by atoms with van der Waals surface area (Å²) >= 11 is 0. The van der Waals surface area contributed by atoms with Crippen molar-refractivity contribution in [1.29, 1.82) is 0 Å². The van der Waals surface area contributed by atoms with Crippen molar-refractivity contribution in [2.24, 2.45) is 10.7 Å². The summed E-state index contributed by atoms with van der Waals surface area (Å²) in [5, 5.41) is 5.04. The van der Waals surface area contributed by atoms with Crippen LogP contribution in [0.3, 0.4) is 0 Å². The molecule has 0 aliphatic carbocycles. The summed E-state index contributed by atoms with van der Waals surface area (Å²) in [6, 6.07) is 4.43. The largest absolute Gasteiger partial charge is 0.573 e. The molecule has 1 saturated heterocycles. The van der Waals surface area contributed by atoms with E-state index in [-0.39, 0.29) is 37.3 Å². The molecule has 1 aromatic rings. The summed E-state index contributed by atoms with van der Waals surface area (Å²) in [6.07, 6.45) is -4.76. The van der Waals surface area contributed by atoms with Crippen LogP contribution in [0.15, 0.2) is 29.3 Å². The van der Waals surface area contributed by atoms with E-state index in [2.05, 4.69) is 20.4 Å². The van der Waals surface area contributed by atoms with E-state index in [9.17, 15) is 22.8 Å². The van der Waals surface area contributed by atoms with Gasteiger partial charge in [-0.1, -0.05) is 0 Å². The predicted molar refractivity (Wildman–Crippen MR) is 78.3 cm³/mol. The van der Waals surface area contributed by atoms with Gasteiger partial charge in [0.05, 0.1) is 19.6 Å². The molecule has 11 heteroatoms. The number of amides is 3. The maximum absolute atomic E-state index is 12.0. The van der Waals surface area contributed by atoms with Gasteiger partial charge in [-0.2, -0.15) is 0 Å². The Bertz CT molecular complexity index is 629. The van der Waals surface area contributed by atoms with E-state index in [4.69, 9.17) is 5.73 Å². The van der Waals surface area contributed by atoms with Crippen molar-refractivity contribution < 1.29 is 27.5 Å². The molecule has 1 aliphatic heterocycles. The van der Waals surface area contributed by atoms with Crippen molar-refractivity contribution >= 4 is 23.6 Å². The smallest absolute Gasteiger partial charge is 0.406 e. The first-order valence-electron chi connectivity index (χ1n) is 6.75. The molecular weight excluding hydrogens is 331 g/mol. The highest BCUT2D eigenvalue weighted by Crippen LogP contribution is 2.23. The van der Waals surface area contributed by atoms with Crippen LogP contribution in [0.25, 0.3) is 0 Å². The molecule has 1 heterocycles. The molecule has 0 radical (unpaired) electrons. The number of nitrogens with one attached hydrogen (secondary N) is 2. The summed E-state index contributed by atoms with van der Waals surface area (Å²) < 4.78 is 39.9. The number of alkyl halides is 3. The zero-order chi connectivity index (χ0) is 17.7. The number of hydrogen-bond acceptors (Lipinski definition) is 4. The summed E-state index contributed by atoms with van der Waals surface area (Å²) in [5.41, 5.74) is 6.03. The minimum Gasteiger partial charge on any atom is -0.406 e. The number of nitrogens with two attached hydrogens (primary N) is 1. The topological polar surface area (TPSA) is 109 Å². The van der Waals surface area contributed by atoms with Gasteiger partial charge in [0.2, 0.25) is 5.91 Å². The maximum atomic E-state index is 12.0. The number of carbonyl (C=O) groups is 2. The van der Waals surface area contributed by atoms with Gasteiger partial charge >= 0.3 is 12.4 Å². The Morgan fingerprint density at radius 3 is 2.54 bits per heavy atom. The van der Waals surface area contributed by atoms with Crippen LogP contribution >= 0.6 is 0 Å². The Morgan fingerprint density at radius 2 is 2.00 bits per heavy atom. The second kappa shape index (κ2) is 7.06. The minimum absolute atomic E-state index is 0.00783. The first-order valence-corrected chi connectivity index (χ1v) is 6.75. The number of rotatable bonds is 5. The Labute approximate surface area is 134 Å². The molecule has 0 bridgehead atoms. The van der Waals surface area contributed by atoms with Crippen molar-refractivity contribution in [1.82, 2.24) is 10.2 Å². The number of anilines is 1. The number of ether oxygens (including phenoxy) is 1. The molecule has 2 rings (SSSR count). The summed E-state index contributed by atoms with van der Waals surface area (Å²) in [4.78, 5) is 27.6. The minimum atomic E-state index is -4.76. The molecule has 4 N–H and O–H groups in total. The molecule has 8 nitrogen and oxygen atoms in total. The Morgan fingerprint density at radius 1 is 1.33 bits per heavy atom. The third-order valence-electron chi connectivity index (χ3n) is 2.90. The fraction of sp³-hybridized carbons (Fsp3) is 0.308.